The fraction of sp³-hybridized carbons (Fsp3) is 0.545. The summed E-state index contributed by atoms with van der Waals surface area (Å²) < 4.78 is 0.933. The van der Waals surface area contributed by atoms with Gasteiger partial charge >= 0.3 is 0 Å². The minimum absolute atomic E-state index is 0.0458. The Morgan fingerprint density at radius 2 is 2.12 bits per heavy atom. The molecule has 0 bridgehead atoms. The summed E-state index contributed by atoms with van der Waals surface area (Å²) in [5.74, 6) is 0.0458. The molecule has 0 aliphatic carbocycles. The van der Waals surface area contributed by atoms with Crippen LogP contribution in [0.25, 0.3) is 0 Å². The highest BCUT2D eigenvalue weighted by Gasteiger charge is 2.27. The molecule has 1 fully saturated rings. The van der Waals surface area contributed by atoms with E-state index in [-0.39, 0.29) is 5.91 Å². The molecule has 2 heterocycles. The third-order valence-electron chi connectivity index (χ3n) is 2.76. The number of likely N-dealkylation sites (tertiary alicyclic amines) is 1. The standard InChI is InChI=1S/C11H13BrClNOS/c12-8-4-7-16-10(8)9(13)11(15)14-5-2-1-3-6-14/h4,7,9H,1-3,5-6H2. The predicted octanol–water partition coefficient (Wildman–Crippen LogP) is 3.80. The van der Waals surface area contributed by atoms with Gasteiger partial charge in [-0.25, -0.2) is 0 Å². The molecule has 1 aliphatic rings. The van der Waals surface area contributed by atoms with Gasteiger partial charge in [0.1, 0.15) is 5.38 Å². The van der Waals surface area contributed by atoms with Crippen LogP contribution in [0.15, 0.2) is 15.9 Å². The van der Waals surface area contributed by atoms with Gasteiger partial charge in [0.25, 0.3) is 0 Å². The Hall–Kier alpha value is -0.0600. The molecule has 1 aromatic heterocycles. The second kappa shape index (κ2) is 5.52. The average molecular weight is 323 g/mol. The molecule has 16 heavy (non-hydrogen) atoms. The SMILES string of the molecule is O=C(C(Cl)c1sccc1Br)N1CCCCC1. The number of carbonyl (C=O) groups is 1. The highest BCUT2D eigenvalue weighted by molar-refractivity contribution is 9.10. The summed E-state index contributed by atoms with van der Waals surface area (Å²) in [5, 5.41) is 1.41. The number of alkyl halides is 1. The molecule has 1 amide bonds. The van der Waals surface area contributed by atoms with Crippen LogP contribution >= 0.6 is 38.9 Å². The quantitative estimate of drug-likeness (QED) is 0.758. The lowest BCUT2D eigenvalue weighted by molar-refractivity contribution is -0.131. The normalized spacial score (nSPS) is 18.5. The van der Waals surface area contributed by atoms with Crippen LogP contribution in [0.1, 0.15) is 29.5 Å². The maximum Gasteiger partial charge on any atom is 0.246 e. The lowest BCUT2D eigenvalue weighted by Gasteiger charge is -2.28. The highest BCUT2D eigenvalue weighted by atomic mass is 79.9. The van der Waals surface area contributed by atoms with Gasteiger partial charge in [-0.2, -0.15) is 0 Å². The van der Waals surface area contributed by atoms with Crippen LogP contribution in [0, 0.1) is 0 Å². The molecular weight excluding hydrogens is 310 g/mol. The van der Waals surface area contributed by atoms with E-state index in [1.807, 2.05) is 16.3 Å². The van der Waals surface area contributed by atoms with Crippen molar-refractivity contribution in [2.45, 2.75) is 24.6 Å². The van der Waals surface area contributed by atoms with Gasteiger partial charge in [-0.15, -0.1) is 22.9 Å². The van der Waals surface area contributed by atoms with Crippen molar-refractivity contribution in [1.29, 1.82) is 0 Å². The first kappa shape index (κ1) is 12.4. The summed E-state index contributed by atoms with van der Waals surface area (Å²) in [6.07, 6.45) is 3.42. The summed E-state index contributed by atoms with van der Waals surface area (Å²) in [6.45, 7) is 1.70. The fourth-order valence-electron chi connectivity index (χ4n) is 1.87. The van der Waals surface area contributed by atoms with E-state index < -0.39 is 5.38 Å². The highest BCUT2D eigenvalue weighted by Crippen LogP contribution is 2.34. The van der Waals surface area contributed by atoms with E-state index in [0.29, 0.717) is 0 Å². The molecule has 2 nitrogen and oxygen atoms in total. The van der Waals surface area contributed by atoms with E-state index in [9.17, 15) is 4.79 Å². The first-order valence-electron chi connectivity index (χ1n) is 5.36. The molecule has 1 aromatic rings. The molecule has 88 valence electrons. The number of halogens is 2. The number of hydrogen-bond acceptors (Lipinski definition) is 2. The van der Waals surface area contributed by atoms with Crippen LogP contribution in [-0.2, 0) is 4.79 Å². The first-order chi connectivity index (χ1) is 7.70. The Morgan fingerprint density at radius 1 is 1.44 bits per heavy atom. The van der Waals surface area contributed by atoms with Crippen molar-refractivity contribution >= 4 is 44.8 Å². The van der Waals surface area contributed by atoms with Crippen molar-refractivity contribution in [3.8, 4) is 0 Å². The van der Waals surface area contributed by atoms with Crippen LogP contribution < -0.4 is 0 Å². The number of thiophene rings is 1. The van der Waals surface area contributed by atoms with Crippen molar-refractivity contribution < 1.29 is 4.79 Å². The zero-order valence-electron chi connectivity index (χ0n) is 8.79. The fourth-order valence-corrected chi connectivity index (χ4v) is 3.98. The molecule has 5 heteroatoms. The largest absolute Gasteiger partial charge is 0.341 e. The Bertz CT molecular complexity index is 376. The van der Waals surface area contributed by atoms with Crippen LogP contribution in [0.5, 0.6) is 0 Å². The Labute approximate surface area is 113 Å². The van der Waals surface area contributed by atoms with Crippen molar-refractivity contribution in [2.24, 2.45) is 0 Å². The van der Waals surface area contributed by atoms with Gasteiger partial charge in [-0.1, -0.05) is 0 Å². The third kappa shape index (κ3) is 2.60. The summed E-state index contributed by atoms with van der Waals surface area (Å²) in [5.41, 5.74) is 0. The third-order valence-corrected chi connectivity index (χ3v) is 5.23. The Kier molecular flexibility index (Phi) is 4.27. The molecule has 0 radical (unpaired) electrons. The van der Waals surface area contributed by atoms with E-state index >= 15 is 0 Å². The molecule has 2 rings (SSSR count). The lowest BCUT2D eigenvalue weighted by atomic mass is 10.1. The van der Waals surface area contributed by atoms with Crippen molar-refractivity contribution in [3.63, 3.8) is 0 Å². The van der Waals surface area contributed by atoms with Gasteiger partial charge in [0.15, 0.2) is 0 Å². The molecule has 0 aromatic carbocycles. The number of piperidine rings is 1. The van der Waals surface area contributed by atoms with Crippen molar-refractivity contribution in [2.75, 3.05) is 13.1 Å². The van der Waals surface area contributed by atoms with Crippen LogP contribution in [0.4, 0.5) is 0 Å². The predicted molar refractivity (Wildman–Crippen MR) is 71.0 cm³/mol. The zero-order chi connectivity index (χ0) is 11.5. The van der Waals surface area contributed by atoms with E-state index in [1.165, 1.54) is 17.8 Å². The maximum atomic E-state index is 12.1. The van der Waals surface area contributed by atoms with Crippen LogP contribution in [0.2, 0.25) is 0 Å². The van der Waals surface area contributed by atoms with Gasteiger partial charge in [-0.3, -0.25) is 4.79 Å². The van der Waals surface area contributed by atoms with Crippen LogP contribution in [-0.4, -0.2) is 23.9 Å². The Balaban J connectivity index is 2.06. The summed E-state index contributed by atoms with van der Waals surface area (Å²) in [4.78, 5) is 14.9. The van der Waals surface area contributed by atoms with Gasteiger partial charge in [0.2, 0.25) is 5.91 Å². The molecule has 1 atom stereocenters. The maximum absolute atomic E-state index is 12.1. The second-order valence-electron chi connectivity index (χ2n) is 3.88. The Morgan fingerprint density at radius 3 is 2.69 bits per heavy atom. The first-order valence-corrected chi connectivity index (χ1v) is 7.47. The van der Waals surface area contributed by atoms with Gasteiger partial charge in [0, 0.05) is 22.4 Å². The average Bonchev–Trinajstić information content (AvgIpc) is 2.75. The minimum Gasteiger partial charge on any atom is -0.341 e. The molecule has 0 saturated carbocycles. The summed E-state index contributed by atoms with van der Waals surface area (Å²) in [6, 6.07) is 1.93. The van der Waals surface area contributed by atoms with Gasteiger partial charge < -0.3 is 4.90 Å². The molecule has 1 aliphatic heterocycles. The number of nitrogens with zero attached hydrogens (tertiary/aromatic N) is 1. The number of carbonyl (C=O) groups excluding carboxylic acids is 1. The van der Waals surface area contributed by atoms with Crippen molar-refractivity contribution in [3.05, 3.63) is 20.8 Å². The van der Waals surface area contributed by atoms with E-state index in [4.69, 9.17) is 11.6 Å². The minimum atomic E-state index is -0.535. The molecule has 0 spiro atoms. The molecule has 0 N–H and O–H groups in total. The van der Waals surface area contributed by atoms with E-state index in [1.54, 1.807) is 0 Å². The topological polar surface area (TPSA) is 20.3 Å². The summed E-state index contributed by atoms with van der Waals surface area (Å²) in [7, 11) is 0. The summed E-state index contributed by atoms with van der Waals surface area (Å²) >= 11 is 11.2. The van der Waals surface area contributed by atoms with E-state index in [2.05, 4.69) is 15.9 Å². The molecular formula is C11H13BrClNOS. The van der Waals surface area contributed by atoms with Crippen LogP contribution in [0.3, 0.4) is 0 Å². The number of rotatable bonds is 2. The molecule has 1 unspecified atom stereocenters. The van der Waals surface area contributed by atoms with Gasteiger partial charge in [-0.05, 0) is 46.6 Å². The lowest BCUT2D eigenvalue weighted by Crippen LogP contribution is -2.37. The molecule has 1 saturated heterocycles. The number of amides is 1. The smallest absolute Gasteiger partial charge is 0.246 e. The zero-order valence-corrected chi connectivity index (χ0v) is 11.9. The van der Waals surface area contributed by atoms with Crippen molar-refractivity contribution in [1.82, 2.24) is 4.90 Å². The monoisotopic (exact) mass is 321 g/mol. The van der Waals surface area contributed by atoms with E-state index in [0.717, 1.165) is 35.3 Å². The second-order valence-corrected chi connectivity index (χ2v) is 6.12. The van der Waals surface area contributed by atoms with Gasteiger partial charge in [0.05, 0.1) is 0 Å². The number of hydrogen-bond donors (Lipinski definition) is 0.